The van der Waals surface area contributed by atoms with E-state index in [0.29, 0.717) is 12.6 Å². The lowest BCUT2D eigenvalue weighted by Gasteiger charge is -2.32. The first kappa shape index (κ1) is 17.2. The van der Waals surface area contributed by atoms with Crippen molar-refractivity contribution in [1.82, 2.24) is 10.2 Å². The van der Waals surface area contributed by atoms with Crippen LogP contribution in [0.1, 0.15) is 38.8 Å². The van der Waals surface area contributed by atoms with Gasteiger partial charge >= 0.3 is 0 Å². The Morgan fingerprint density at radius 1 is 1.20 bits per heavy atom. The SMILES string of the molecule is CC(C)NCc1cccc(COCC(C)(C)N(C)C)c1. The molecule has 0 aromatic heterocycles. The first-order valence-corrected chi connectivity index (χ1v) is 7.37. The predicted octanol–water partition coefficient (Wildman–Crippen LogP) is 3.04. The Balaban J connectivity index is 2.46. The highest BCUT2D eigenvalue weighted by Crippen LogP contribution is 2.12. The maximum Gasteiger partial charge on any atom is 0.0717 e. The van der Waals surface area contributed by atoms with E-state index in [0.717, 1.165) is 13.2 Å². The normalized spacial score (nSPS) is 12.4. The summed E-state index contributed by atoms with van der Waals surface area (Å²) in [4.78, 5) is 2.19. The van der Waals surface area contributed by atoms with Crippen molar-refractivity contribution in [1.29, 1.82) is 0 Å². The Morgan fingerprint density at radius 2 is 1.85 bits per heavy atom. The van der Waals surface area contributed by atoms with E-state index in [1.807, 2.05) is 0 Å². The molecule has 114 valence electrons. The minimum Gasteiger partial charge on any atom is -0.375 e. The van der Waals surface area contributed by atoms with Crippen LogP contribution in [0, 0.1) is 0 Å². The summed E-state index contributed by atoms with van der Waals surface area (Å²) in [7, 11) is 4.17. The number of benzene rings is 1. The smallest absolute Gasteiger partial charge is 0.0717 e. The monoisotopic (exact) mass is 278 g/mol. The van der Waals surface area contributed by atoms with Crippen molar-refractivity contribution in [3.63, 3.8) is 0 Å². The van der Waals surface area contributed by atoms with Crippen molar-refractivity contribution >= 4 is 0 Å². The number of likely N-dealkylation sites (N-methyl/N-ethyl adjacent to an activating group) is 1. The van der Waals surface area contributed by atoms with Gasteiger partial charge in [0.25, 0.3) is 0 Å². The first-order chi connectivity index (χ1) is 9.31. The van der Waals surface area contributed by atoms with E-state index in [1.54, 1.807) is 0 Å². The van der Waals surface area contributed by atoms with E-state index in [2.05, 4.69) is 76.3 Å². The standard InChI is InChI=1S/C17H30N2O/c1-14(2)18-11-15-8-7-9-16(10-15)12-20-13-17(3,4)19(5)6/h7-10,14,18H,11-13H2,1-6H3. The fraction of sp³-hybridized carbons (Fsp3) is 0.647. The average Bonchev–Trinajstić information content (AvgIpc) is 2.36. The summed E-state index contributed by atoms with van der Waals surface area (Å²) in [6.07, 6.45) is 0. The number of hydrogen-bond donors (Lipinski definition) is 1. The molecule has 0 radical (unpaired) electrons. The lowest BCUT2D eigenvalue weighted by molar-refractivity contribution is 0.0274. The maximum atomic E-state index is 5.86. The third kappa shape index (κ3) is 6.04. The van der Waals surface area contributed by atoms with Crippen LogP contribution in [0.25, 0.3) is 0 Å². The zero-order chi connectivity index (χ0) is 15.2. The van der Waals surface area contributed by atoms with Crippen LogP contribution >= 0.6 is 0 Å². The molecule has 0 aliphatic rings. The van der Waals surface area contributed by atoms with Crippen molar-refractivity contribution in [2.45, 2.75) is 52.4 Å². The summed E-state index contributed by atoms with van der Waals surface area (Å²) in [5.41, 5.74) is 2.62. The second-order valence-corrected chi connectivity index (χ2v) is 6.56. The molecule has 0 fully saturated rings. The molecule has 1 rings (SSSR count). The van der Waals surface area contributed by atoms with Crippen LogP contribution < -0.4 is 5.32 Å². The Bertz CT molecular complexity index is 400. The van der Waals surface area contributed by atoms with Gasteiger partial charge in [0.1, 0.15) is 0 Å². The molecule has 0 unspecified atom stereocenters. The molecule has 0 saturated heterocycles. The summed E-state index contributed by atoms with van der Waals surface area (Å²) in [6.45, 7) is 11.0. The van der Waals surface area contributed by atoms with Gasteiger partial charge in [0.2, 0.25) is 0 Å². The molecule has 3 heteroatoms. The molecule has 1 aromatic carbocycles. The molecule has 1 N–H and O–H groups in total. The van der Waals surface area contributed by atoms with Gasteiger partial charge in [-0.3, -0.25) is 0 Å². The van der Waals surface area contributed by atoms with Gasteiger partial charge in [0, 0.05) is 18.1 Å². The van der Waals surface area contributed by atoms with Crippen LogP contribution in [-0.4, -0.2) is 37.2 Å². The fourth-order valence-corrected chi connectivity index (χ4v) is 1.70. The molecule has 0 saturated carbocycles. The zero-order valence-electron chi connectivity index (χ0n) is 13.9. The Morgan fingerprint density at radius 3 is 2.45 bits per heavy atom. The van der Waals surface area contributed by atoms with Gasteiger partial charge in [-0.15, -0.1) is 0 Å². The van der Waals surface area contributed by atoms with Crippen LogP contribution in [0.3, 0.4) is 0 Å². The summed E-state index contributed by atoms with van der Waals surface area (Å²) >= 11 is 0. The number of rotatable bonds is 8. The average molecular weight is 278 g/mol. The topological polar surface area (TPSA) is 24.5 Å². The number of hydrogen-bond acceptors (Lipinski definition) is 3. The van der Waals surface area contributed by atoms with Gasteiger partial charge in [0.05, 0.1) is 13.2 Å². The van der Waals surface area contributed by atoms with Gasteiger partial charge in [-0.1, -0.05) is 38.1 Å². The van der Waals surface area contributed by atoms with Gasteiger partial charge in [-0.25, -0.2) is 0 Å². The minimum atomic E-state index is 0.0663. The summed E-state index contributed by atoms with van der Waals surface area (Å²) in [6, 6.07) is 9.12. The van der Waals surface area contributed by atoms with E-state index >= 15 is 0 Å². The van der Waals surface area contributed by atoms with Crippen LogP contribution in [0.5, 0.6) is 0 Å². The quantitative estimate of drug-likeness (QED) is 0.791. The molecule has 0 bridgehead atoms. The van der Waals surface area contributed by atoms with Crippen LogP contribution in [0.2, 0.25) is 0 Å². The highest BCUT2D eigenvalue weighted by Gasteiger charge is 2.20. The Labute approximate surface area is 124 Å². The van der Waals surface area contributed by atoms with Crippen molar-refractivity contribution < 1.29 is 4.74 Å². The highest BCUT2D eigenvalue weighted by molar-refractivity contribution is 5.22. The highest BCUT2D eigenvalue weighted by atomic mass is 16.5. The van der Waals surface area contributed by atoms with E-state index in [-0.39, 0.29) is 5.54 Å². The molecule has 0 aliphatic heterocycles. The molecule has 0 amide bonds. The van der Waals surface area contributed by atoms with Gasteiger partial charge < -0.3 is 15.0 Å². The summed E-state index contributed by atoms with van der Waals surface area (Å²) in [5, 5.41) is 3.44. The third-order valence-corrected chi connectivity index (χ3v) is 3.64. The lowest BCUT2D eigenvalue weighted by atomic mass is 10.1. The van der Waals surface area contributed by atoms with Gasteiger partial charge in [-0.05, 0) is 39.1 Å². The maximum absolute atomic E-state index is 5.86. The third-order valence-electron chi connectivity index (χ3n) is 3.64. The van der Waals surface area contributed by atoms with Crippen molar-refractivity contribution in [2.24, 2.45) is 0 Å². The largest absolute Gasteiger partial charge is 0.375 e. The Kier molecular flexibility index (Phi) is 6.66. The van der Waals surface area contributed by atoms with Crippen molar-refractivity contribution in [3.05, 3.63) is 35.4 Å². The summed E-state index contributed by atoms with van der Waals surface area (Å²) < 4.78 is 5.86. The predicted molar refractivity (Wildman–Crippen MR) is 85.8 cm³/mol. The zero-order valence-corrected chi connectivity index (χ0v) is 13.9. The molecular formula is C17H30N2O. The van der Waals surface area contributed by atoms with Gasteiger partial charge in [-0.2, -0.15) is 0 Å². The lowest BCUT2D eigenvalue weighted by Crippen LogP contribution is -2.42. The molecule has 3 nitrogen and oxygen atoms in total. The number of nitrogens with one attached hydrogen (secondary N) is 1. The molecule has 20 heavy (non-hydrogen) atoms. The molecule has 0 heterocycles. The van der Waals surface area contributed by atoms with E-state index in [9.17, 15) is 0 Å². The van der Waals surface area contributed by atoms with Crippen molar-refractivity contribution in [3.8, 4) is 0 Å². The minimum absolute atomic E-state index is 0.0663. The van der Waals surface area contributed by atoms with Gasteiger partial charge in [0.15, 0.2) is 0 Å². The van der Waals surface area contributed by atoms with E-state index in [4.69, 9.17) is 4.74 Å². The summed E-state index contributed by atoms with van der Waals surface area (Å²) in [5.74, 6) is 0. The fourth-order valence-electron chi connectivity index (χ4n) is 1.70. The number of nitrogens with zero attached hydrogens (tertiary/aromatic N) is 1. The molecule has 0 aliphatic carbocycles. The van der Waals surface area contributed by atoms with Crippen LogP contribution in [0.15, 0.2) is 24.3 Å². The molecule has 0 spiro atoms. The number of ether oxygens (including phenoxy) is 1. The van der Waals surface area contributed by atoms with Crippen LogP contribution in [0.4, 0.5) is 0 Å². The van der Waals surface area contributed by atoms with E-state index in [1.165, 1.54) is 11.1 Å². The van der Waals surface area contributed by atoms with Crippen molar-refractivity contribution in [2.75, 3.05) is 20.7 Å². The first-order valence-electron chi connectivity index (χ1n) is 7.37. The van der Waals surface area contributed by atoms with E-state index < -0.39 is 0 Å². The Hall–Kier alpha value is -0.900. The molecule has 1 aromatic rings. The molecule has 0 atom stereocenters. The van der Waals surface area contributed by atoms with Crippen LogP contribution in [-0.2, 0) is 17.9 Å². The molecular weight excluding hydrogens is 248 g/mol. The second-order valence-electron chi connectivity index (χ2n) is 6.56. The second kappa shape index (κ2) is 7.77.